The average molecular weight is 434 g/mol. The van der Waals surface area contributed by atoms with Gasteiger partial charge in [0.05, 0.1) is 23.8 Å². The van der Waals surface area contributed by atoms with Crippen molar-refractivity contribution in [1.29, 1.82) is 0 Å². The van der Waals surface area contributed by atoms with Crippen LogP contribution in [0.2, 0.25) is 0 Å². The van der Waals surface area contributed by atoms with Gasteiger partial charge in [-0.15, -0.1) is 16.4 Å². The number of thioether (sulfide) groups is 1. The molecule has 1 aliphatic carbocycles. The lowest BCUT2D eigenvalue weighted by atomic mass is 9.96. The summed E-state index contributed by atoms with van der Waals surface area (Å²) in [6, 6.07) is 0.363. The Morgan fingerprint density at radius 2 is 2.10 bits per heavy atom. The van der Waals surface area contributed by atoms with Crippen molar-refractivity contribution in [3.63, 3.8) is 0 Å². The molecule has 0 unspecified atom stereocenters. The minimum atomic E-state index is -0.352. The van der Waals surface area contributed by atoms with Crippen LogP contribution in [0.4, 0.5) is 5.82 Å². The summed E-state index contributed by atoms with van der Waals surface area (Å²) >= 11 is 2.79. The highest BCUT2D eigenvalue weighted by Crippen LogP contribution is 2.34. The van der Waals surface area contributed by atoms with Gasteiger partial charge < -0.3 is 10.5 Å². The van der Waals surface area contributed by atoms with E-state index in [1.165, 1.54) is 42.4 Å². The number of esters is 1. The molecule has 0 atom stereocenters. The SMILES string of the molecule is CCOC(=O)c1sc2nc(CSc3nnnn3C3CCCCC3)nc(N)c2c1C. The molecule has 1 aliphatic rings. The predicted molar refractivity (Wildman–Crippen MR) is 112 cm³/mol. The number of nitrogens with zero attached hydrogens (tertiary/aromatic N) is 6. The van der Waals surface area contributed by atoms with E-state index in [9.17, 15) is 4.79 Å². The lowest BCUT2D eigenvalue weighted by Gasteiger charge is -2.21. The molecule has 1 saturated carbocycles. The van der Waals surface area contributed by atoms with Gasteiger partial charge in [0.1, 0.15) is 21.3 Å². The van der Waals surface area contributed by atoms with Crippen LogP contribution in [0.5, 0.6) is 0 Å². The Balaban J connectivity index is 1.55. The zero-order valence-electron chi connectivity index (χ0n) is 16.4. The Labute approximate surface area is 176 Å². The normalized spacial score (nSPS) is 15.1. The van der Waals surface area contributed by atoms with Gasteiger partial charge in [-0.05, 0) is 42.7 Å². The van der Waals surface area contributed by atoms with Crippen LogP contribution >= 0.6 is 23.1 Å². The number of carbonyl (C=O) groups excluding carboxylic acids is 1. The molecule has 0 aliphatic heterocycles. The van der Waals surface area contributed by atoms with E-state index in [-0.39, 0.29) is 5.97 Å². The number of anilines is 1. The van der Waals surface area contributed by atoms with Crippen LogP contribution in [-0.2, 0) is 10.5 Å². The van der Waals surface area contributed by atoms with Gasteiger partial charge in [-0.1, -0.05) is 31.0 Å². The van der Waals surface area contributed by atoms with E-state index >= 15 is 0 Å². The molecule has 11 heteroatoms. The van der Waals surface area contributed by atoms with Crippen LogP contribution in [0.1, 0.15) is 66.1 Å². The molecule has 0 bridgehead atoms. The van der Waals surface area contributed by atoms with Gasteiger partial charge in [-0.3, -0.25) is 0 Å². The Morgan fingerprint density at radius 1 is 1.31 bits per heavy atom. The monoisotopic (exact) mass is 433 g/mol. The third-order valence-electron chi connectivity index (χ3n) is 5.04. The van der Waals surface area contributed by atoms with E-state index in [0.717, 1.165) is 28.9 Å². The Hall–Kier alpha value is -2.27. The van der Waals surface area contributed by atoms with Gasteiger partial charge in [0.25, 0.3) is 0 Å². The van der Waals surface area contributed by atoms with Crippen molar-refractivity contribution in [2.75, 3.05) is 12.3 Å². The Kier molecular flexibility index (Phi) is 5.95. The molecule has 3 aromatic rings. The van der Waals surface area contributed by atoms with Gasteiger partial charge in [-0.25, -0.2) is 19.4 Å². The third-order valence-corrected chi connectivity index (χ3v) is 7.13. The number of hydrogen-bond donors (Lipinski definition) is 1. The highest BCUT2D eigenvalue weighted by molar-refractivity contribution is 7.98. The standard InChI is InChI=1S/C18H23N7O2S2/c1-3-27-17(26)14-10(2)13-15(19)20-12(21-16(13)29-14)9-28-18-22-23-24-25(18)11-7-5-4-6-8-11/h11H,3-9H2,1-2H3,(H2,19,20,21). The van der Waals surface area contributed by atoms with Crippen molar-refractivity contribution in [3.8, 4) is 0 Å². The topological polar surface area (TPSA) is 122 Å². The van der Waals surface area contributed by atoms with Crippen molar-refractivity contribution >= 4 is 45.1 Å². The first kappa shape index (κ1) is 20.0. The van der Waals surface area contributed by atoms with Crippen molar-refractivity contribution in [3.05, 3.63) is 16.3 Å². The second-order valence-electron chi connectivity index (χ2n) is 6.97. The van der Waals surface area contributed by atoms with E-state index in [4.69, 9.17) is 10.5 Å². The van der Waals surface area contributed by atoms with Crippen LogP contribution in [0.15, 0.2) is 5.16 Å². The van der Waals surface area contributed by atoms with Gasteiger partial charge in [0, 0.05) is 0 Å². The minimum absolute atomic E-state index is 0.325. The maximum atomic E-state index is 12.2. The molecule has 9 nitrogen and oxygen atoms in total. The lowest BCUT2D eigenvalue weighted by Crippen LogP contribution is -2.15. The molecule has 4 rings (SSSR count). The van der Waals surface area contributed by atoms with Crippen LogP contribution in [0.25, 0.3) is 10.2 Å². The molecule has 2 N–H and O–H groups in total. The summed E-state index contributed by atoms with van der Waals surface area (Å²) in [4.78, 5) is 22.5. The number of hydrogen-bond acceptors (Lipinski definition) is 10. The first-order valence-corrected chi connectivity index (χ1v) is 11.5. The fourth-order valence-corrected chi connectivity index (χ4v) is 5.54. The maximum absolute atomic E-state index is 12.2. The van der Waals surface area contributed by atoms with E-state index in [1.54, 1.807) is 6.92 Å². The second-order valence-corrected chi connectivity index (χ2v) is 8.91. The van der Waals surface area contributed by atoms with Crippen LogP contribution in [0, 0.1) is 6.92 Å². The quantitative estimate of drug-likeness (QED) is 0.459. The minimum Gasteiger partial charge on any atom is -0.462 e. The molecule has 1 fully saturated rings. The summed E-state index contributed by atoms with van der Waals surface area (Å²) in [5, 5.41) is 13.7. The fraction of sp³-hybridized carbons (Fsp3) is 0.556. The number of carbonyl (C=O) groups is 1. The van der Waals surface area contributed by atoms with Crippen molar-refractivity contribution in [2.45, 2.75) is 62.9 Å². The summed E-state index contributed by atoms with van der Waals surface area (Å²) in [5.41, 5.74) is 6.95. The Bertz CT molecular complexity index is 1030. The third kappa shape index (κ3) is 4.06. The lowest BCUT2D eigenvalue weighted by molar-refractivity contribution is 0.0531. The largest absolute Gasteiger partial charge is 0.462 e. The first-order chi connectivity index (χ1) is 14.1. The zero-order valence-corrected chi connectivity index (χ0v) is 18.1. The summed E-state index contributed by atoms with van der Waals surface area (Å²) in [5.74, 6) is 1.12. The summed E-state index contributed by atoms with van der Waals surface area (Å²) in [6.45, 7) is 3.95. The highest BCUT2D eigenvalue weighted by Gasteiger charge is 2.22. The summed E-state index contributed by atoms with van der Waals surface area (Å²) in [7, 11) is 0. The molecule has 3 aromatic heterocycles. The molecule has 0 radical (unpaired) electrons. The highest BCUT2D eigenvalue weighted by atomic mass is 32.2. The molecule has 29 heavy (non-hydrogen) atoms. The molecule has 0 saturated heterocycles. The first-order valence-electron chi connectivity index (χ1n) is 9.71. The van der Waals surface area contributed by atoms with Gasteiger partial charge in [0.15, 0.2) is 0 Å². The van der Waals surface area contributed by atoms with E-state index in [1.807, 2.05) is 11.6 Å². The fourth-order valence-electron chi connectivity index (χ4n) is 3.64. The van der Waals surface area contributed by atoms with Gasteiger partial charge in [0.2, 0.25) is 5.16 Å². The zero-order chi connectivity index (χ0) is 20.4. The number of nitrogen functional groups attached to an aromatic ring is 1. The van der Waals surface area contributed by atoms with E-state index in [2.05, 4.69) is 25.5 Å². The summed E-state index contributed by atoms with van der Waals surface area (Å²) < 4.78 is 7.06. The predicted octanol–water partition coefficient (Wildman–Crippen LogP) is 3.54. The molecule has 154 valence electrons. The average Bonchev–Trinajstić information content (AvgIpc) is 3.32. The smallest absolute Gasteiger partial charge is 0.348 e. The molecule has 3 heterocycles. The van der Waals surface area contributed by atoms with Crippen LogP contribution < -0.4 is 5.73 Å². The maximum Gasteiger partial charge on any atom is 0.348 e. The van der Waals surface area contributed by atoms with Crippen LogP contribution in [-0.4, -0.2) is 42.8 Å². The van der Waals surface area contributed by atoms with Crippen molar-refractivity contribution < 1.29 is 9.53 Å². The van der Waals surface area contributed by atoms with Crippen molar-refractivity contribution in [1.82, 2.24) is 30.2 Å². The second kappa shape index (κ2) is 8.62. The number of thiophene rings is 1. The Morgan fingerprint density at radius 3 is 2.86 bits per heavy atom. The number of tetrazole rings is 1. The number of nitrogens with two attached hydrogens (primary N) is 1. The molecular formula is C18H23N7O2S2. The van der Waals surface area contributed by atoms with Crippen molar-refractivity contribution in [2.24, 2.45) is 0 Å². The summed E-state index contributed by atoms with van der Waals surface area (Å²) in [6.07, 6.45) is 5.93. The number of ether oxygens (including phenoxy) is 1. The molecule has 0 aromatic carbocycles. The molecule has 0 spiro atoms. The number of fused-ring (bicyclic) bond motifs is 1. The van der Waals surface area contributed by atoms with Crippen LogP contribution in [0.3, 0.4) is 0 Å². The van der Waals surface area contributed by atoms with Gasteiger partial charge >= 0.3 is 5.97 Å². The molecule has 0 amide bonds. The van der Waals surface area contributed by atoms with E-state index in [0.29, 0.717) is 39.8 Å². The number of aromatic nitrogens is 6. The van der Waals surface area contributed by atoms with E-state index < -0.39 is 0 Å². The molecular weight excluding hydrogens is 410 g/mol. The van der Waals surface area contributed by atoms with Gasteiger partial charge in [-0.2, -0.15) is 0 Å². The number of aryl methyl sites for hydroxylation is 1. The number of rotatable bonds is 6.